The Morgan fingerprint density at radius 3 is 2.83 bits per heavy atom. The van der Waals surface area contributed by atoms with E-state index in [1.54, 1.807) is 19.1 Å². The third kappa shape index (κ3) is 2.54. The average molecular weight is 251 g/mol. The molecule has 0 saturated carbocycles. The molecule has 0 saturated heterocycles. The van der Waals surface area contributed by atoms with Crippen LogP contribution in [0.2, 0.25) is 0 Å². The molecular formula is C6H7BrN2O2S. The summed E-state index contributed by atoms with van der Waals surface area (Å²) in [4.78, 5) is 4.00. The van der Waals surface area contributed by atoms with Crippen LogP contribution in [0.3, 0.4) is 0 Å². The number of rotatable bonds is 2. The lowest BCUT2D eigenvalue weighted by Crippen LogP contribution is -2.04. The molecule has 0 bridgehead atoms. The molecule has 1 unspecified atom stereocenters. The van der Waals surface area contributed by atoms with Gasteiger partial charge < -0.3 is 0 Å². The summed E-state index contributed by atoms with van der Waals surface area (Å²) >= 11 is 1.21. The van der Waals surface area contributed by atoms with E-state index in [1.807, 2.05) is 0 Å². The fourth-order valence-electron chi connectivity index (χ4n) is 0.690. The highest BCUT2D eigenvalue weighted by molar-refractivity contribution is 9.10. The van der Waals surface area contributed by atoms with Crippen molar-refractivity contribution in [3.05, 3.63) is 22.3 Å². The Hall–Kier alpha value is -0.460. The molecule has 66 valence electrons. The standard InChI is InChI=1S/C6H7BrN2O2S/c1-4-5(7)2-3-6(8-4)9-12(10)11/h2-3H,1H3,(H,8,9)(H,10,11). The summed E-state index contributed by atoms with van der Waals surface area (Å²) in [7, 11) is 0. The Morgan fingerprint density at radius 1 is 1.67 bits per heavy atom. The summed E-state index contributed by atoms with van der Waals surface area (Å²) in [5.41, 5.74) is 0.769. The molecule has 1 atom stereocenters. The molecule has 4 nitrogen and oxygen atoms in total. The molecule has 1 aromatic rings. The topological polar surface area (TPSA) is 62.2 Å². The fraction of sp³-hybridized carbons (Fsp3) is 0.167. The van der Waals surface area contributed by atoms with Crippen molar-refractivity contribution < 1.29 is 8.76 Å². The van der Waals surface area contributed by atoms with Crippen molar-refractivity contribution in [2.75, 3.05) is 4.72 Å². The molecule has 0 aromatic carbocycles. The van der Waals surface area contributed by atoms with E-state index in [0.29, 0.717) is 5.82 Å². The Balaban J connectivity index is 2.89. The molecule has 12 heavy (non-hydrogen) atoms. The lowest BCUT2D eigenvalue weighted by Gasteiger charge is -2.01. The maximum atomic E-state index is 10.3. The van der Waals surface area contributed by atoms with E-state index in [4.69, 9.17) is 4.55 Å². The van der Waals surface area contributed by atoms with Crippen LogP contribution >= 0.6 is 15.9 Å². The molecule has 0 amide bonds. The van der Waals surface area contributed by atoms with Crippen LogP contribution in [0.4, 0.5) is 5.82 Å². The Morgan fingerprint density at radius 2 is 2.33 bits per heavy atom. The highest BCUT2D eigenvalue weighted by Crippen LogP contribution is 2.15. The molecule has 0 aliphatic carbocycles. The van der Waals surface area contributed by atoms with Crippen molar-refractivity contribution in [3.8, 4) is 0 Å². The molecule has 1 rings (SSSR count). The zero-order valence-corrected chi connectivity index (χ0v) is 8.65. The average Bonchev–Trinajstić information content (AvgIpc) is 1.96. The van der Waals surface area contributed by atoms with Crippen molar-refractivity contribution in [2.45, 2.75) is 6.92 Å². The van der Waals surface area contributed by atoms with Gasteiger partial charge >= 0.3 is 0 Å². The molecule has 1 heterocycles. The zero-order chi connectivity index (χ0) is 9.14. The first kappa shape index (κ1) is 9.63. The van der Waals surface area contributed by atoms with E-state index in [9.17, 15) is 4.21 Å². The minimum atomic E-state index is -2.06. The molecule has 0 aliphatic rings. The van der Waals surface area contributed by atoms with Crippen LogP contribution in [0.1, 0.15) is 5.69 Å². The second-order valence-corrected chi connectivity index (χ2v) is 3.67. The van der Waals surface area contributed by atoms with Crippen LogP contribution in [0.5, 0.6) is 0 Å². The highest BCUT2D eigenvalue weighted by atomic mass is 79.9. The van der Waals surface area contributed by atoms with Gasteiger partial charge in [0, 0.05) is 4.47 Å². The van der Waals surface area contributed by atoms with Crippen molar-refractivity contribution in [3.63, 3.8) is 0 Å². The highest BCUT2D eigenvalue weighted by Gasteiger charge is 1.99. The normalized spacial score (nSPS) is 12.6. The van der Waals surface area contributed by atoms with Gasteiger partial charge in [-0.25, -0.2) is 9.19 Å². The minimum absolute atomic E-state index is 0.386. The fourth-order valence-corrected chi connectivity index (χ4v) is 1.20. The molecule has 0 spiro atoms. The number of pyridine rings is 1. The monoisotopic (exact) mass is 250 g/mol. The zero-order valence-electron chi connectivity index (χ0n) is 6.24. The van der Waals surface area contributed by atoms with Gasteiger partial charge in [0.1, 0.15) is 5.82 Å². The van der Waals surface area contributed by atoms with Gasteiger partial charge in [0.2, 0.25) is 0 Å². The lowest BCUT2D eigenvalue weighted by atomic mass is 10.4. The Kier molecular flexibility index (Phi) is 3.19. The van der Waals surface area contributed by atoms with Gasteiger partial charge in [-0.05, 0) is 35.0 Å². The van der Waals surface area contributed by atoms with Crippen LogP contribution in [-0.4, -0.2) is 13.7 Å². The summed E-state index contributed by atoms with van der Waals surface area (Å²) in [5.74, 6) is 0.386. The van der Waals surface area contributed by atoms with E-state index in [0.717, 1.165) is 10.2 Å². The first-order valence-electron chi connectivity index (χ1n) is 3.10. The maximum absolute atomic E-state index is 10.3. The second-order valence-electron chi connectivity index (χ2n) is 2.11. The molecular weight excluding hydrogens is 244 g/mol. The number of aromatic nitrogens is 1. The second kappa shape index (κ2) is 3.97. The molecule has 6 heteroatoms. The van der Waals surface area contributed by atoms with Gasteiger partial charge in [0.15, 0.2) is 0 Å². The summed E-state index contributed by atoms with van der Waals surface area (Å²) in [5, 5.41) is 0. The largest absolute Gasteiger partial charge is 0.289 e. The van der Waals surface area contributed by atoms with Crippen molar-refractivity contribution in [2.24, 2.45) is 0 Å². The van der Waals surface area contributed by atoms with Gasteiger partial charge in [-0.1, -0.05) is 0 Å². The third-order valence-corrected chi connectivity index (χ3v) is 2.44. The first-order valence-corrected chi connectivity index (χ1v) is 5.00. The minimum Gasteiger partial charge on any atom is -0.289 e. The SMILES string of the molecule is Cc1nc(NS(=O)O)ccc1Br. The van der Waals surface area contributed by atoms with Crippen LogP contribution < -0.4 is 4.72 Å². The molecule has 0 radical (unpaired) electrons. The summed E-state index contributed by atoms with van der Waals surface area (Å²) in [6.07, 6.45) is 0. The van der Waals surface area contributed by atoms with E-state index in [2.05, 4.69) is 25.6 Å². The van der Waals surface area contributed by atoms with Crippen LogP contribution in [0.15, 0.2) is 16.6 Å². The van der Waals surface area contributed by atoms with Crippen molar-refractivity contribution in [1.82, 2.24) is 4.98 Å². The molecule has 0 fully saturated rings. The van der Waals surface area contributed by atoms with E-state index >= 15 is 0 Å². The number of hydrogen-bond donors (Lipinski definition) is 2. The van der Waals surface area contributed by atoms with Crippen LogP contribution in [0, 0.1) is 6.92 Å². The number of nitrogens with zero attached hydrogens (tertiary/aromatic N) is 1. The number of anilines is 1. The smallest absolute Gasteiger partial charge is 0.260 e. The van der Waals surface area contributed by atoms with E-state index in [1.165, 1.54) is 0 Å². The van der Waals surface area contributed by atoms with Crippen molar-refractivity contribution >= 4 is 33.0 Å². The van der Waals surface area contributed by atoms with Crippen LogP contribution in [-0.2, 0) is 11.3 Å². The molecule has 2 N–H and O–H groups in total. The van der Waals surface area contributed by atoms with Gasteiger partial charge in [0.05, 0.1) is 5.69 Å². The maximum Gasteiger partial charge on any atom is 0.260 e. The van der Waals surface area contributed by atoms with Gasteiger partial charge in [-0.15, -0.1) is 0 Å². The molecule has 0 aliphatic heterocycles. The van der Waals surface area contributed by atoms with E-state index in [-0.39, 0.29) is 0 Å². The number of hydrogen-bond acceptors (Lipinski definition) is 2. The Bertz CT molecular complexity index is 318. The summed E-state index contributed by atoms with van der Waals surface area (Å²) in [6.45, 7) is 1.80. The number of aryl methyl sites for hydroxylation is 1. The van der Waals surface area contributed by atoms with Crippen LogP contribution in [0.25, 0.3) is 0 Å². The Labute approximate surface area is 80.9 Å². The predicted octanol–water partition coefficient (Wildman–Crippen LogP) is 1.70. The number of nitrogens with one attached hydrogen (secondary N) is 1. The van der Waals surface area contributed by atoms with Gasteiger partial charge in [-0.3, -0.25) is 9.27 Å². The quantitative estimate of drug-likeness (QED) is 0.786. The van der Waals surface area contributed by atoms with E-state index < -0.39 is 11.3 Å². The van der Waals surface area contributed by atoms with Gasteiger partial charge in [0.25, 0.3) is 11.3 Å². The number of halogens is 1. The predicted molar refractivity (Wildman–Crippen MR) is 51.1 cm³/mol. The summed E-state index contributed by atoms with van der Waals surface area (Å²) < 4.78 is 21.9. The molecule has 1 aromatic heterocycles. The summed E-state index contributed by atoms with van der Waals surface area (Å²) in [6, 6.07) is 3.38. The van der Waals surface area contributed by atoms with Gasteiger partial charge in [-0.2, -0.15) is 0 Å². The lowest BCUT2D eigenvalue weighted by molar-refractivity contribution is 0.570. The van der Waals surface area contributed by atoms with Crippen molar-refractivity contribution in [1.29, 1.82) is 0 Å². The third-order valence-electron chi connectivity index (χ3n) is 1.21. The first-order chi connectivity index (χ1) is 5.59.